The van der Waals surface area contributed by atoms with Gasteiger partial charge in [0.1, 0.15) is 10.6 Å². The van der Waals surface area contributed by atoms with Crippen molar-refractivity contribution in [1.82, 2.24) is 9.62 Å². The van der Waals surface area contributed by atoms with Gasteiger partial charge in [-0.05, 0) is 37.0 Å². The summed E-state index contributed by atoms with van der Waals surface area (Å²) in [7, 11) is 0.534. The molecule has 9 heteroatoms. The van der Waals surface area contributed by atoms with Crippen LogP contribution in [0.2, 0.25) is 0 Å². The van der Waals surface area contributed by atoms with E-state index in [2.05, 4.69) is 5.32 Å². The molecule has 0 heterocycles. The quantitative estimate of drug-likeness (QED) is 0.733. The first-order chi connectivity index (χ1) is 10.8. The summed E-state index contributed by atoms with van der Waals surface area (Å²) >= 11 is 0. The molecule has 7 nitrogen and oxygen atoms in total. The molecule has 3 N–H and O–H groups in total. The SMILES string of the molecule is COc1ccc(C(=O)NCC(N)C2CC2)cc1S(=O)(=O)N(C)C.Cl. The zero-order chi connectivity index (χ0) is 17.2. The Bertz CT molecular complexity index is 690. The average molecular weight is 378 g/mol. The molecule has 0 aliphatic heterocycles. The van der Waals surface area contributed by atoms with Crippen molar-refractivity contribution in [3.8, 4) is 5.75 Å². The molecule has 1 aromatic rings. The van der Waals surface area contributed by atoms with Crippen molar-refractivity contribution < 1.29 is 17.9 Å². The Kier molecular flexibility index (Phi) is 7.03. The van der Waals surface area contributed by atoms with E-state index in [9.17, 15) is 13.2 Å². The van der Waals surface area contributed by atoms with Crippen LogP contribution in [0.5, 0.6) is 5.75 Å². The fraction of sp³-hybridized carbons (Fsp3) is 0.533. The van der Waals surface area contributed by atoms with Crippen LogP contribution in [0.3, 0.4) is 0 Å². The number of halogens is 1. The number of amides is 1. The van der Waals surface area contributed by atoms with Crippen LogP contribution in [-0.4, -0.2) is 52.4 Å². The van der Waals surface area contributed by atoms with Gasteiger partial charge in [-0.15, -0.1) is 12.4 Å². The number of rotatable bonds is 7. The largest absolute Gasteiger partial charge is 0.495 e. The lowest BCUT2D eigenvalue weighted by Gasteiger charge is -2.16. The standard InChI is InChI=1S/C15H23N3O4S.ClH/c1-18(2)23(20,21)14-8-11(6-7-13(14)22-3)15(19)17-9-12(16)10-4-5-10;/h6-8,10,12H,4-5,9,16H2,1-3H3,(H,17,19);1H. The molecule has 0 spiro atoms. The molecule has 0 saturated heterocycles. The molecule has 0 aromatic heterocycles. The van der Waals surface area contributed by atoms with Crippen LogP contribution in [-0.2, 0) is 10.0 Å². The lowest BCUT2D eigenvalue weighted by Crippen LogP contribution is -2.38. The third-order valence-electron chi connectivity index (χ3n) is 3.91. The van der Waals surface area contributed by atoms with Gasteiger partial charge in [0.05, 0.1) is 7.11 Å². The summed E-state index contributed by atoms with van der Waals surface area (Å²) < 4.78 is 30.9. The summed E-state index contributed by atoms with van der Waals surface area (Å²) in [5.41, 5.74) is 6.21. The van der Waals surface area contributed by atoms with Gasteiger partial charge in [-0.2, -0.15) is 0 Å². The number of nitrogens with zero attached hydrogens (tertiary/aromatic N) is 1. The Labute approximate surface area is 149 Å². The predicted molar refractivity (Wildman–Crippen MR) is 94.1 cm³/mol. The number of sulfonamides is 1. The second-order valence-electron chi connectivity index (χ2n) is 5.86. The van der Waals surface area contributed by atoms with Gasteiger partial charge in [0.2, 0.25) is 10.0 Å². The number of hydrogen-bond donors (Lipinski definition) is 2. The minimum atomic E-state index is -3.71. The molecule has 1 aliphatic carbocycles. The van der Waals surface area contributed by atoms with E-state index in [1.165, 1.54) is 39.4 Å². The van der Waals surface area contributed by atoms with Crippen LogP contribution >= 0.6 is 12.4 Å². The Morgan fingerprint density at radius 2 is 2.04 bits per heavy atom. The lowest BCUT2D eigenvalue weighted by atomic mass is 10.1. The number of methoxy groups -OCH3 is 1. The van der Waals surface area contributed by atoms with Crippen molar-refractivity contribution in [1.29, 1.82) is 0 Å². The normalized spacial score (nSPS) is 15.5. The molecule has 1 unspecified atom stereocenters. The van der Waals surface area contributed by atoms with E-state index >= 15 is 0 Å². The second kappa shape index (κ2) is 8.15. The van der Waals surface area contributed by atoms with Crippen LogP contribution in [0.4, 0.5) is 0 Å². The highest BCUT2D eigenvalue weighted by molar-refractivity contribution is 7.89. The van der Waals surface area contributed by atoms with E-state index in [0.29, 0.717) is 12.5 Å². The van der Waals surface area contributed by atoms with Crippen molar-refractivity contribution in [3.05, 3.63) is 23.8 Å². The third-order valence-corrected chi connectivity index (χ3v) is 5.75. The zero-order valence-corrected chi connectivity index (χ0v) is 15.6. The monoisotopic (exact) mass is 377 g/mol. The molecule has 1 aliphatic rings. The van der Waals surface area contributed by atoms with Gasteiger partial charge in [0.15, 0.2) is 0 Å². The molecule has 1 amide bonds. The Balaban J connectivity index is 0.00000288. The maximum absolute atomic E-state index is 12.3. The lowest BCUT2D eigenvalue weighted by molar-refractivity contribution is 0.0950. The molecule has 136 valence electrons. The molecular formula is C15H24ClN3O4S. The minimum absolute atomic E-state index is 0. The highest BCUT2D eigenvalue weighted by atomic mass is 35.5. The first kappa shape index (κ1) is 20.7. The Hall–Kier alpha value is -1.35. The summed E-state index contributed by atoms with van der Waals surface area (Å²) in [4.78, 5) is 12.2. The maximum Gasteiger partial charge on any atom is 0.251 e. The van der Waals surface area contributed by atoms with Gasteiger partial charge >= 0.3 is 0 Å². The Morgan fingerprint density at radius 3 is 2.54 bits per heavy atom. The molecule has 1 atom stereocenters. The van der Waals surface area contributed by atoms with Crippen molar-refractivity contribution in [2.24, 2.45) is 11.7 Å². The summed E-state index contributed by atoms with van der Waals surface area (Å²) in [6.07, 6.45) is 2.20. The average Bonchev–Trinajstić information content (AvgIpc) is 3.36. The molecule has 0 bridgehead atoms. The summed E-state index contributed by atoms with van der Waals surface area (Å²) in [6.45, 7) is 0.380. The molecular weight excluding hydrogens is 354 g/mol. The van der Waals surface area contributed by atoms with E-state index in [0.717, 1.165) is 17.1 Å². The molecule has 2 rings (SSSR count). The van der Waals surface area contributed by atoms with Crippen molar-refractivity contribution in [3.63, 3.8) is 0 Å². The predicted octanol–water partition coefficient (Wildman–Crippen LogP) is 0.834. The van der Waals surface area contributed by atoms with Crippen molar-refractivity contribution >= 4 is 28.3 Å². The number of ether oxygens (including phenoxy) is 1. The van der Waals surface area contributed by atoms with E-state index < -0.39 is 10.0 Å². The van der Waals surface area contributed by atoms with Gasteiger partial charge in [0.25, 0.3) is 5.91 Å². The smallest absolute Gasteiger partial charge is 0.251 e. The van der Waals surface area contributed by atoms with Crippen LogP contribution in [0.1, 0.15) is 23.2 Å². The minimum Gasteiger partial charge on any atom is -0.495 e. The number of nitrogens with two attached hydrogens (primary N) is 1. The molecule has 24 heavy (non-hydrogen) atoms. The molecule has 1 fully saturated rings. The van der Waals surface area contributed by atoms with Crippen LogP contribution in [0.25, 0.3) is 0 Å². The Morgan fingerprint density at radius 1 is 1.42 bits per heavy atom. The number of nitrogens with one attached hydrogen (secondary N) is 1. The van der Waals surface area contributed by atoms with Crippen LogP contribution in [0, 0.1) is 5.92 Å². The fourth-order valence-electron chi connectivity index (χ4n) is 2.22. The van der Waals surface area contributed by atoms with E-state index in [1.54, 1.807) is 0 Å². The van der Waals surface area contributed by atoms with E-state index in [4.69, 9.17) is 10.5 Å². The second-order valence-corrected chi connectivity index (χ2v) is 7.98. The number of carbonyl (C=O) groups is 1. The fourth-order valence-corrected chi connectivity index (χ4v) is 3.29. The number of benzene rings is 1. The van der Waals surface area contributed by atoms with E-state index in [1.807, 2.05) is 0 Å². The van der Waals surface area contributed by atoms with Crippen molar-refractivity contribution in [2.75, 3.05) is 27.7 Å². The topological polar surface area (TPSA) is 102 Å². The number of carbonyl (C=O) groups excluding carboxylic acids is 1. The molecule has 0 radical (unpaired) electrons. The first-order valence-corrected chi connectivity index (χ1v) is 8.85. The summed E-state index contributed by atoms with van der Waals surface area (Å²) in [5.74, 6) is 0.333. The zero-order valence-electron chi connectivity index (χ0n) is 14.0. The summed E-state index contributed by atoms with van der Waals surface area (Å²) in [5, 5.41) is 2.75. The highest BCUT2D eigenvalue weighted by Gasteiger charge is 2.29. The van der Waals surface area contributed by atoms with Gasteiger partial charge in [-0.1, -0.05) is 0 Å². The highest BCUT2D eigenvalue weighted by Crippen LogP contribution is 2.31. The van der Waals surface area contributed by atoms with Gasteiger partial charge in [-0.3, -0.25) is 4.79 Å². The van der Waals surface area contributed by atoms with E-state index in [-0.39, 0.29) is 40.6 Å². The maximum atomic E-state index is 12.3. The van der Waals surface area contributed by atoms with Crippen LogP contribution in [0.15, 0.2) is 23.1 Å². The third kappa shape index (κ3) is 4.60. The summed E-state index contributed by atoms with van der Waals surface area (Å²) in [6, 6.07) is 4.28. The first-order valence-electron chi connectivity index (χ1n) is 7.41. The van der Waals surface area contributed by atoms with Gasteiger partial charge in [0, 0.05) is 32.2 Å². The van der Waals surface area contributed by atoms with Gasteiger partial charge < -0.3 is 15.8 Å². The number of hydrogen-bond acceptors (Lipinski definition) is 5. The van der Waals surface area contributed by atoms with Crippen molar-refractivity contribution in [2.45, 2.75) is 23.8 Å². The van der Waals surface area contributed by atoms with Crippen LogP contribution < -0.4 is 15.8 Å². The molecule has 1 saturated carbocycles. The molecule has 1 aromatic carbocycles. The van der Waals surface area contributed by atoms with Gasteiger partial charge in [-0.25, -0.2) is 12.7 Å².